The summed E-state index contributed by atoms with van der Waals surface area (Å²) in [7, 11) is 5.70. The van der Waals surface area contributed by atoms with Crippen molar-refractivity contribution in [2.45, 2.75) is 6.61 Å². The molecule has 0 fully saturated rings. The SMILES string of the molecule is CN(C)c1cc(=O)c(OCc2ccccc2)cn1C. The molecule has 0 saturated carbocycles. The predicted octanol–water partition coefficient (Wildman–Crippen LogP) is 2.03. The molecule has 0 aliphatic heterocycles. The number of nitrogens with zero attached hydrogens (tertiary/aromatic N) is 2. The van der Waals surface area contributed by atoms with Gasteiger partial charge in [0.05, 0.1) is 6.20 Å². The lowest BCUT2D eigenvalue weighted by molar-refractivity contribution is 0.301. The average Bonchev–Trinajstić information content (AvgIpc) is 2.40. The fourth-order valence-corrected chi connectivity index (χ4v) is 1.88. The Kier molecular flexibility index (Phi) is 3.90. The van der Waals surface area contributed by atoms with Gasteiger partial charge in [-0.3, -0.25) is 4.79 Å². The fourth-order valence-electron chi connectivity index (χ4n) is 1.88. The Bertz CT molecular complexity index is 603. The van der Waals surface area contributed by atoms with Crippen LogP contribution in [0.15, 0.2) is 47.4 Å². The molecule has 4 nitrogen and oxygen atoms in total. The Hall–Kier alpha value is -2.23. The van der Waals surface area contributed by atoms with Crippen molar-refractivity contribution >= 4 is 5.82 Å². The van der Waals surface area contributed by atoms with E-state index >= 15 is 0 Å². The molecule has 100 valence electrons. The van der Waals surface area contributed by atoms with E-state index in [0.29, 0.717) is 12.4 Å². The lowest BCUT2D eigenvalue weighted by Gasteiger charge is -2.17. The molecule has 0 bridgehead atoms. The number of anilines is 1. The van der Waals surface area contributed by atoms with Crippen LogP contribution in [-0.2, 0) is 13.7 Å². The zero-order chi connectivity index (χ0) is 13.8. The standard InChI is InChI=1S/C15H18N2O2/c1-16(2)15-9-13(18)14(10-17(15)3)19-11-12-7-5-4-6-8-12/h4-10H,11H2,1-3H3. The molecule has 0 N–H and O–H groups in total. The van der Waals surface area contributed by atoms with Gasteiger partial charge >= 0.3 is 0 Å². The minimum absolute atomic E-state index is 0.0993. The highest BCUT2D eigenvalue weighted by atomic mass is 16.5. The average molecular weight is 258 g/mol. The molecule has 0 radical (unpaired) electrons. The minimum Gasteiger partial charge on any atom is -0.483 e. The third-order valence-electron chi connectivity index (χ3n) is 2.87. The Morgan fingerprint density at radius 2 is 1.89 bits per heavy atom. The maximum absolute atomic E-state index is 12.0. The quantitative estimate of drug-likeness (QED) is 0.841. The van der Waals surface area contributed by atoms with E-state index in [-0.39, 0.29) is 5.43 Å². The van der Waals surface area contributed by atoms with Crippen molar-refractivity contribution in [3.8, 4) is 5.75 Å². The van der Waals surface area contributed by atoms with Gasteiger partial charge in [-0.15, -0.1) is 0 Å². The first-order valence-corrected chi connectivity index (χ1v) is 6.12. The summed E-state index contributed by atoms with van der Waals surface area (Å²) in [6.45, 7) is 0.400. The lowest BCUT2D eigenvalue weighted by atomic mass is 10.2. The number of pyridine rings is 1. The van der Waals surface area contributed by atoms with Crippen molar-refractivity contribution in [2.75, 3.05) is 19.0 Å². The van der Waals surface area contributed by atoms with E-state index in [1.54, 1.807) is 12.3 Å². The Morgan fingerprint density at radius 3 is 2.53 bits per heavy atom. The smallest absolute Gasteiger partial charge is 0.225 e. The van der Waals surface area contributed by atoms with E-state index in [9.17, 15) is 4.79 Å². The van der Waals surface area contributed by atoms with Crippen LogP contribution in [0.3, 0.4) is 0 Å². The second-order valence-electron chi connectivity index (χ2n) is 4.64. The summed E-state index contributed by atoms with van der Waals surface area (Å²) in [5, 5.41) is 0. The van der Waals surface area contributed by atoms with Gasteiger partial charge in [0.1, 0.15) is 12.4 Å². The van der Waals surface area contributed by atoms with Crippen LogP contribution in [0.1, 0.15) is 5.56 Å². The highest BCUT2D eigenvalue weighted by Crippen LogP contribution is 2.13. The van der Waals surface area contributed by atoms with Crippen LogP contribution in [0.2, 0.25) is 0 Å². The van der Waals surface area contributed by atoms with Crippen molar-refractivity contribution in [1.29, 1.82) is 0 Å². The Morgan fingerprint density at radius 1 is 1.21 bits per heavy atom. The van der Waals surface area contributed by atoms with Gasteiger partial charge in [0.2, 0.25) is 5.43 Å². The zero-order valence-electron chi connectivity index (χ0n) is 11.5. The molecule has 1 aromatic heterocycles. The van der Waals surface area contributed by atoms with Crippen LogP contribution in [0, 0.1) is 0 Å². The molecule has 0 saturated heterocycles. The normalized spacial score (nSPS) is 10.3. The monoisotopic (exact) mass is 258 g/mol. The first-order chi connectivity index (χ1) is 9.08. The molecule has 0 aliphatic carbocycles. The second-order valence-corrected chi connectivity index (χ2v) is 4.64. The highest BCUT2D eigenvalue weighted by molar-refractivity contribution is 5.40. The van der Waals surface area contributed by atoms with Gasteiger partial charge < -0.3 is 14.2 Å². The van der Waals surface area contributed by atoms with E-state index in [4.69, 9.17) is 4.74 Å². The van der Waals surface area contributed by atoms with Crippen LogP contribution in [-0.4, -0.2) is 18.7 Å². The molecule has 0 aliphatic rings. The van der Waals surface area contributed by atoms with Crippen LogP contribution in [0.25, 0.3) is 0 Å². The molecule has 4 heteroatoms. The molecular formula is C15H18N2O2. The van der Waals surface area contributed by atoms with Gasteiger partial charge in [-0.05, 0) is 5.56 Å². The third kappa shape index (κ3) is 3.16. The molecule has 2 aromatic rings. The van der Waals surface area contributed by atoms with Gasteiger partial charge in [0.15, 0.2) is 5.75 Å². The van der Waals surface area contributed by atoms with Gasteiger partial charge in [0.25, 0.3) is 0 Å². The van der Waals surface area contributed by atoms with E-state index < -0.39 is 0 Å². The summed E-state index contributed by atoms with van der Waals surface area (Å²) >= 11 is 0. The first kappa shape index (κ1) is 13.2. The molecule has 2 rings (SSSR count). The van der Waals surface area contributed by atoms with Gasteiger partial charge in [0, 0.05) is 27.2 Å². The van der Waals surface area contributed by atoms with Crippen molar-refractivity contribution in [3.05, 3.63) is 58.4 Å². The molecule has 0 amide bonds. The zero-order valence-corrected chi connectivity index (χ0v) is 11.5. The summed E-state index contributed by atoms with van der Waals surface area (Å²) in [4.78, 5) is 13.8. The largest absolute Gasteiger partial charge is 0.483 e. The summed E-state index contributed by atoms with van der Waals surface area (Å²) in [6.07, 6.45) is 1.72. The summed E-state index contributed by atoms with van der Waals surface area (Å²) < 4.78 is 7.46. The predicted molar refractivity (Wildman–Crippen MR) is 76.8 cm³/mol. The van der Waals surface area contributed by atoms with E-state index in [1.165, 1.54) is 0 Å². The van der Waals surface area contributed by atoms with Crippen LogP contribution >= 0.6 is 0 Å². The number of ether oxygens (including phenoxy) is 1. The number of hydrogen-bond donors (Lipinski definition) is 0. The van der Waals surface area contributed by atoms with Crippen molar-refractivity contribution in [2.24, 2.45) is 7.05 Å². The van der Waals surface area contributed by atoms with E-state index in [2.05, 4.69) is 0 Å². The van der Waals surface area contributed by atoms with Crippen molar-refractivity contribution < 1.29 is 4.74 Å². The molecule has 0 unspecified atom stereocenters. The van der Waals surface area contributed by atoms with E-state index in [1.807, 2.05) is 60.9 Å². The number of aromatic nitrogens is 1. The lowest BCUT2D eigenvalue weighted by Crippen LogP contribution is -2.19. The number of benzene rings is 1. The summed E-state index contributed by atoms with van der Waals surface area (Å²) in [5.41, 5.74) is 0.943. The molecule has 1 aromatic carbocycles. The van der Waals surface area contributed by atoms with Crippen molar-refractivity contribution in [3.63, 3.8) is 0 Å². The summed E-state index contributed by atoms with van der Waals surface area (Å²) in [5.74, 6) is 1.22. The maximum atomic E-state index is 12.0. The van der Waals surface area contributed by atoms with Crippen LogP contribution < -0.4 is 15.1 Å². The minimum atomic E-state index is -0.0993. The first-order valence-electron chi connectivity index (χ1n) is 6.12. The molecule has 0 spiro atoms. The second kappa shape index (κ2) is 5.61. The Balaban J connectivity index is 2.18. The third-order valence-corrected chi connectivity index (χ3v) is 2.87. The highest BCUT2D eigenvalue weighted by Gasteiger charge is 2.07. The molecule has 1 heterocycles. The summed E-state index contributed by atoms with van der Waals surface area (Å²) in [6, 6.07) is 11.4. The van der Waals surface area contributed by atoms with Gasteiger partial charge in [-0.1, -0.05) is 30.3 Å². The number of rotatable bonds is 4. The number of hydrogen-bond acceptors (Lipinski definition) is 3. The Labute approximate surface area is 112 Å². The van der Waals surface area contributed by atoms with Crippen LogP contribution in [0.5, 0.6) is 5.75 Å². The molecule has 19 heavy (non-hydrogen) atoms. The van der Waals surface area contributed by atoms with Crippen molar-refractivity contribution in [1.82, 2.24) is 4.57 Å². The molecular weight excluding hydrogens is 240 g/mol. The van der Waals surface area contributed by atoms with Crippen LogP contribution in [0.4, 0.5) is 5.82 Å². The van der Waals surface area contributed by atoms with E-state index in [0.717, 1.165) is 11.4 Å². The topological polar surface area (TPSA) is 34.5 Å². The fraction of sp³-hybridized carbons (Fsp3) is 0.267. The molecule has 0 atom stereocenters. The van der Waals surface area contributed by atoms with Gasteiger partial charge in [-0.2, -0.15) is 0 Å². The maximum Gasteiger partial charge on any atom is 0.225 e. The van der Waals surface area contributed by atoms with Gasteiger partial charge in [-0.25, -0.2) is 0 Å². The number of aryl methyl sites for hydroxylation is 1.